The van der Waals surface area contributed by atoms with E-state index in [1.54, 1.807) is 0 Å². The molecular formula is C18H37ClN4O6Si. The Bertz CT molecular complexity index is 464. The Balaban J connectivity index is 3.16. The van der Waals surface area contributed by atoms with E-state index in [0.29, 0.717) is 85.6 Å². The monoisotopic (exact) mass is 468 g/mol. The third kappa shape index (κ3) is 25.1. The van der Waals surface area contributed by atoms with Crippen LogP contribution < -0.4 is 5.32 Å². The van der Waals surface area contributed by atoms with Gasteiger partial charge in [0.15, 0.2) is 7.38 Å². The van der Waals surface area contributed by atoms with Crippen LogP contribution in [0, 0.1) is 0 Å². The number of hydrogen-bond acceptors (Lipinski definition) is 7. The molecule has 0 saturated heterocycles. The van der Waals surface area contributed by atoms with Gasteiger partial charge in [0, 0.05) is 24.4 Å². The zero-order valence-corrected chi connectivity index (χ0v) is 20.0. The van der Waals surface area contributed by atoms with E-state index < -0.39 is 7.38 Å². The van der Waals surface area contributed by atoms with Gasteiger partial charge in [0.05, 0.1) is 66.1 Å². The highest BCUT2D eigenvalue weighted by Gasteiger charge is 2.16. The summed E-state index contributed by atoms with van der Waals surface area (Å²) < 4.78 is 26.7. The molecular weight excluding hydrogens is 432 g/mol. The lowest BCUT2D eigenvalue weighted by atomic mass is 10.3. The van der Waals surface area contributed by atoms with E-state index in [2.05, 4.69) is 28.4 Å². The third-order valence-electron chi connectivity index (χ3n) is 3.63. The number of carbonyl (C=O) groups excluding carboxylic acids is 1. The van der Waals surface area contributed by atoms with Crippen LogP contribution in [0.15, 0.2) is 5.11 Å². The number of ether oxygens (including phenoxy) is 5. The second-order valence-electron chi connectivity index (χ2n) is 6.94. The number of rotatable bonds is 22. The first kappa shape index (κ1) is 29.1. The number of halogens is 1. The number of amides is 1. The minimum absolute atomic E-state index is 0.0451. The Morgan fingerprint density at radius 2 is 1.37 bits per heavy atom. The average molecular weight is 469 g/mol. The fourth-order valence-electron chi connectivity index (χ4n) is 2.15. The van der Waals surface area contributed by atoms with Gasteiger partial charge in [-0.05, 0) is 18.0 Å². The van der Waals surface area contributed by atoms with Gasteiger partial charge in [-0.2, -0.15) is 11.1 Å². The summed E-state index contributed by atoms with van der Waals surface area (Å²) in [7, 11) is -1.58. The number of hydrogen-bond donors (Lipinski definition) is 1. The normalized spacial score (nSPS) is 11.3. The summed E-state index contributed by atoms with van der Waals surface area (Å²) in [4.78, 5) is 14.3. The summed E-state index contributed by atoms with van der Waals surface area (Å²) in [6.45, 7) is 9.71. The zero-order chi connectivity index (χ0) is 22.3. The van der Waals surface area contributed by atoms with E-state index in [-0.39, 0.29) is 5.91 Å². The van der Waals surface area contributed by atoms with Crippen LogP contribution in [-0.4, -0.2) is 92.4 Å². The standard InChI is InChI=1S/C18H37ClN4O6Si/c1-30(2,19)17-3-4-18(24)21-5-7-25-9-11-27-13-15-29-16-14-28-12-10-26-8-6-22-23-20/h3-17H2,1-2H3,(H,21,24). The van der Waals surface area contributed by atoms with E-state index >= 15 is 0 Å². The first-order valence-electron chi connectivity index (χ1n) is 10.3. The highest BCUT2D eigenvalue weighted by atomic mass is 35.6. The van der Waals surface area contributed by atoms with Gasteiger partial charge in [0.25, 0.3) is 0 Å². The van der Waals surface area contributed by atoms with Gasteiger partial charge in [0.2, 0.25) is 5.91 Å². The smallest absolute Gasteiger partial charge is 0.220 e. The van der Waals surface area contributed by atoms with Crippen molar-refractivity contribution in [1.29, 1.82) is 0 Å². The van der Waals surface area contributed by atoms with E-state index in [1.165, 1.54) is 0 Å². The lowest BCUT2D eigenvalue weighted by molar-refractivity contribution is -0.121. The molecule has 12 heteroatoms. The molecule has 0 radical (unpaired) electrons. The van der Waals surface area contributed by atoms with Crippen molar-refractivity contribution in [3.63, 3.8) is 0 Å². The molecule has 0 unspecified atom stereocenters. The van der Waals surface area contributed by atoms with Crippen molar-refractivity contribution in [2.24, 2.45) is 5.11 Å². The molecule has 0 saturated carbocycles. The van der Waals surface area contributed by atoms with Gasteiger partial charge in [0.1, 0.15) is 0 Å². The number of carbonyl (C=O) groups is 1. The van der Waals surface area contributed by atoms with Gasteiger partial charge in [-0.1, -0.05) is 18.2 Å². The van der Waals surface area contributed by atoms with Crippen molar-refractivity contribution in [1.82, 2.24) is 5.32 Å². The van der Waals surface area contributed by atoms with Crippen molar-refractivity contribution in [2.45, 2.75) is 32.0 Å². The van der Waals surface area contributed by atoms with Gasteiger partial charge in [-0.3, -0.25) is 4.79 Å². The summed E-state index contributed by atoms with van der Waals surface area (Å²) >= 11 is 6.23. The summed E-state index contributed by atoms with van der Waals surface area (Å²) in [5.74, 6) is 0.0451. The van der Waals surface area contributed by atoms with Gasteiger partial charge < -0.3 is 29.0 Å². The largest absolute Gasteiger partial charge is 0.379 e. The molecule has 0 aromatic carbocycles. The molecule has 1 amide bonds. The minimum atomic E-state index is -1.58. The minimum Gasteiger partial charge on any atom is -0.379 e. The molecule has 1 N–H and O–H groups in total. The summed E-state index contributed by atoms with van der Waals surface area (Å²) in [6, 6.07) is 0.947. The molecule has 176 valence electrons. The average Bonchev–Trinajstić information content (AvgIpc) is 2.68. The molecule has 0 rings (SSSR count). The van der Waals surface area contributed by atoms with Crippen molar-refractivity contribution >= 4 is 24.4 Å². The molecule has 0 aromatic heterocycles. The van der Waals surface area contributed by atoms with E-state index in [0.717, 1.165) is 12.5 Å². The molecule has 0 aliphatic rings. The highest BCUT2D eigenvalue weighted by Crippen LogP contribution is 2.17. The predicted octanol–water partition coefficient (Wildman–Crippen LogP) is 2.72. The Labute approximate surface area is 185 Å². The van der Waals surface area contributed by atoms with Gasteiger partial charge >= 0.3 is 0 Å². The predicted molar refractivity (Wildman–Crippen MR) is 118 cm³/mol. The van der Waals surface area contributed by atoms with Crippen LogP contribution in [-0.2, 0) is 28.5 Å². The van der Waals surface area contributed by atoms with E-state index in [1.807, 2.05) is 0 Å². The van der Waals surface area contributed by atoms with Crippen LogP contribution in [0.1, 0.15) is 12.8 Å². The molecule has 0 aromatic rings. The van der Waals surface area contributed by atoms with Crippen LogP contribution in [0.3, 0.4) is 0 Å². The summed E-state index contributed by atoms with van der Waals surface area (Å²) in [5.41, 5.74) is 8.09. The maximum absolute atomic E-state index is 11.6. The fourth-order valence-corrected chi connectivity index (χ4v) is 3.57. The Morgan fingerprint density at radius 3 is 1.83 bits per heavy atom. The Morgan fingerprint density at radius 1 is 0.900 bits per heavy atom. The second-order valence-corrected chi connectivity index (χ2v) is 13.9. The lowest BCUT2D eigenvalue weighted by Crippen LogP contribution is -2.28. The summed E-state index contributed by atoms with van der Waals surface area (Å²) in [6.07, 6.45) is 1.36. The maximum atomic E-state index is 11.6. The number of azide groups is 1. The van der Waals surface area contributed by atoms with E-state index in [9.17, 15) is 4.79 Å². The maximum Gasteiger partial charge on any atom is 0.220 e. The van der Waals surface area contributed by atoms with Crippen LogP contribution in [0.25, 0.3) is 10.4 Å². The Kier molecular flexibility index (Phi) is 20.7. The molecule has 0 aliphatic heterocycles. The first-order chi connectivity index (χ1) is 14.5. The SMILES string of the molecule is C[Si](C)(Cl)CCCC(=O)NCCOCCOCCOCCOCCOCCN=[N+]=[N-]. The molecule has 0 bridgehead atoms. The molecule has 0 aliphatic carbocycles. The zero-order valence-electron chi connectivity index (χ0n) is 18.3. The molecule has 0 heterocycles. The van der Waals surface area contributed by atoms with E-state index in [4.69, 9.17) is 40.3 Å². The quantitative estimate of drug-likeness (QED) is 0.0650. The summed E-state index contributed by atoms with van der Waals surface area (Å²) in [5, 5.41) is 6.19. The number of nitrogens with one attached hydrogen (secondary N) is 1. The topological polar surface area (TPSA) is 124 Å². The molecule has 0 atom stereocenters. The van der Waals surface area contributed by atoms with Gasteiger partial charge in [-0.25, -0.2) is 0 Å². The fraction of sp³-hybridized carbons (Fsp3) is 0.944. The van der Waals surface area contributed by atoms with Crippen molar-refractivity contribution < 1.29 is 28.5 Å². The van der Waals surface area contributed by atoms with Crippen molar-refractivity contribution in [3.05, 3.63) is 10.4 Å². The number of nitrogens with zero attached hydrogens (tertiary/aromatic N) is 3. The molecule has 30 heavy (non-hydrogen) atoms. The molecule has 10 nitrogen and oxygen atoms in total. The van der Waals surface area contributed by atoms with Gasteiger partial charge in [-0.15, -0.1) is 0 Å². The van der Waals surface area contributed by atoms with Crippen molar-refractivity contribution in [3.8, 4) is 0 Å². The van der Waals surface area contributed by atoms with Crippen LogP contribution >= 0.6 is 11.1 Å². The Hall–Kier alpha value is -0.913. The van der Waals surface area contributed by atoms with Crippen LogP contribution in [0.5, 0.6) is 0 Å². The van der Waals surface area contributed by atoms with Crippen LogP contribution in [0.4, 0.5) is 0 Å². The van der Waals surface area contributed by atoms with Crippen molar-refractivity contribution in [2.75, 3.05) is 79.2 Å². The first-order valence-corrected chi connectivity index (χ1v) is 14.5. The lowest BCUT2D eigenvalue weighted by Gasteiger charge is -2.12. The third-order valence-corrected chi connectivity index (χ3v) is 5.74. The second kappa shape index (κ2) is 21.3. The van der Waals surface area contributed by atoms with Crippen LogP contribution in [0.2, 0.25) is 19.1 Å². The highest BCUT2D eigenvalue weighted by molar-refractivity contribution is 7.19. The molecule has 0 spiro atoms. The molecule has 0 fully saturated rings.